The van der Waals surface area contributed by atoms with Crippen LogP contribution >= 0.6 is 12.4 Å². The molecule has 0 radical (unpaired) electrons. The van der Waals surface area contributed by atoms with E-state index < -0.39 is 6.10 Å². The molecule has 146 valence electrons. The SMILES string of the molecule is CC(C)(C)NCC(O)CON=C1c2ccccc2CCc2ccccc21.Cl. The smallest absolute Gasteiger partial charge is 0.144 e. The topological polar surface area (TPSA) is 53.8 Å². The predicted molar refractivity (Wildman–Crippen MR) is 113 cm³/mol. The third-order valence-electron chi connectivity index (χ3n) is 4.50. The second kappa shape index (κ2) is 9.36. The third kappa shape index (κ3) is 5.80. The molecule has 0 saturated carbocycles. The molecular formula is C22H29ClN2O2. The Morgan fingerprint density at radius 1 is 1.00 bits per heavy atom. The molecule has 0 aromatic heterocycles. The van der Waals surface area contributed by atoms with Crippen LogP contribution in [-0.2, 0) is 17.7 Å². The maximum Gasteiger partial charge on any atom is 0.144 e. The summed E-state index contributed by atoms with van der Waals surface area (Å²) in [5.74, 6) is 0. The number of halogens is 1. The Hall–Kier alpha value is -1.88. The normalized spacial score (nSPS) is 14.3. The summed E-state index contributed by atoms with van der Waals surface area (Å²) >= 11 is 0. The van der Waals surface area contributed by atoms with E-state index in [1.165, 1.54) is 11.1 Å². The second-order valence-electron chi connectivity index (χ2n) is 7.83. The van der Waals surface area contributed by atoms with Crippen molar-refractivity contribution in [2.75, 3.05) is 13.2 Å². The van der Waals surface area contributed by atoms with Crippen molar-refractivity contribution in [2.24, 2.45) is 5.16 Å². The Balaban J connectivity index is 0.00000261. The van der Waals surface area contributed by atoms with Gasteiger partial charge < -0.3 is 15.3 Å². The van der Waals surface area contributed by atoms with Gasteiger partial charge in [0.1, 0.15) is 18.4 Å². The van der Waals surface area contributed by atoms with Gasteiger partial charge >= 0.3 is 0 Å². The third-order valence-corrected chi connectivity index (χ3v) is 4.50. The van der Waals surface area contributed by atoms with Gasteiger partial charge in [0.2, 0.25) is 0 Å². The number of oxime groups is 1. The monoisotopic (exact) mass is 388 g/mol. The van der Waals surface area contributed by atoms with E-state index in [9.17, 15) is 5.11 Å². The highest BCUT2D eigenvalue weighted by atomic mass is 35.5. The average molecular weight is 389 g/mol. The van der Waals surface area contributed by atoms with Crippen LogP contribution in [0.4, 0.5) is 0 Å². The van der Waals surface area contributed by atoms with Gasteiger partial charge in [-0.05, 0) is 44.7 Å². The zero-order valence-corrected chi connectivity index (χ0v) is 17.1. The van der Waals surface area contributed by atoms with Crippen LogP contribution in [0.2, 0.25) is 0 Å². The summed E-state index contributed by atoms with van der Waals surface area (Å²) in [6.45, 7) is 6.85. The lowest BCUT2D eigenvalue weighted by Gasteiger charge is -2.22. The number of benzene rings is 2. The van der Waals surface area contributed by atoms with Gasteiger partial charge in [-0.15, -0.1) is 12.4 Å². The van der Waals surface area contributed by atoms with E-state index >= 15 is 0 Å². The van der Waals surface area contributed by atoms with E-state index in [-0.39, 0.29) is 24.6 Å². The van der Waals surface area contributed by atoms with Crippen molar-refractivity contribution >= 4 is 18.1 Å². The van der Waals surface area contributed by atoms with Gasteiger partial charge in [0, 0.05) is 23.2 Å². The van der Waals surface area contributed by atoms with Gasteiger partial charge in [-0.2, -0.15) is 0 Å². The minimum absolute atomic E-state index is 0. The van der Waals surface area contributed by atoms with Crippen LogP contribution in [0.15, 0.2) is 53.7 Å². The number of aryl methyl sites for hydroxylation is 2. The lowest BCUT2D eigenvalue weighted by molar-refractivity contribution is 0.0374. The van der Waals surface area contributed by atoms with Crippen LogP contribution in [0.3, 0.4) is 0 Å². The predicted octanol–water partition coefficient (Wildman–Crippen LogP) is 3.73. The number of rotatable bonds is 5. The molecule has 5 heteroatoms. The largest absolute Gasteiger partial charge is 0.392 e. The van der Waals surface area contributed by atoms with E-state index in [1.54, 1.807) is 0 Å². The Kier molecular flexibility index (Phi) is 7.42. The van der Waals surface area contributed by atoms with Crippen molar-refractivity contribution in [1.82, 2.24) is 5.32 Å². The molecule has 0 fully saturated rings. The van der Waals surface area contributed by atoms with Crippen molar-refractivity contribution in [2.45, 2.75) is 45.3 Å². The van der Waals surface area contributed by atoms with E-state index in [0.717, 1.165) is 29.7 Å². The van der Waals surface area contributed by atoms with Crippen LogP contribution in [0, 0.1) is 0 Å². The number of aliphatic hydroxyl groups excluding tert-OH is 1. The zero-order chi connectivity index (χ0) is 18.6. The fourth-order valence-corrected chi connectivity index (χ4v) is 3.12. The van der Waals surface area contributed by atoms with E-state index in [2.05, 4.69) is 67.6 Å². The summed E-state index contributed by atoms with van der Waals surface area (Å²) in [6.07, 6.45) is 1.38. The molecule has 0 bridgehead atoms. The quantitative estimate of drug-likeness (QED) is 0.767. The Morgan fingerprint density at radius 2 is 1.52 bits per heavy atom. The molecule has 2 aromatic rings. The maximum absolute atomic E-state index is 10.1. The molecule has 1 unspecified atom stereocenters. The number of nitrogens with zero attached hydrogens (tertiary/aromatic N) is 1. The van der Waals surface area contributed by atoms with E-state index in [0.29, 0.717) is 6.54 Å². The van der Waals surface area contributed by atoms with Gasteiger partial charge in [-0.3, -0.25) is 0 Å². The Morgan fingerprint density at radius 3 is 2.04 bits per heavy atom. The maximum atomic E-state index is 10.1. The number of β-amino-alcohol motifs (C(OH)–C–C–N with tert-alkyl or cyclic N) is 1. The minimum Gasteiger partial charge on any atom is -0.392 e. The molecule has 0 heterocycles. The van der Waals surface area contributed by atoms with Crippen LogP contribution in [0.5, 0.6) is 0 Å². The fraction of sp³-hybridized carbons (Fsp3) is 0.409. The molecule has 0 aliphatic heterocycles. The summed E-state index contributed by atoms with van der Waals surface area (Å²) in [6, 6.07) is 16.7. The van der Waals surface area contributed by atoms with Gasteiger partial charge in [0.15, 0.2) is 0 Å². The Labute approximate surface area is 168 Å². The summed E-state index contributed by atoms with van der Waals surface area (Å²) in [5, 5.41) is 17.8. The molecule has 2 N–H and O–H groups in total. The Bertz CT molecular complexity index is 734. The first kappa shape index (κ1) is 21.4. The molecule has 2 aromatic carbocycles. The number of nitrogens with one attached hydrogen (secondary N) is 1. The molecule has 1 aliphatic rings. The van der Waals surface area contributed by atoms with Crippen LogP contribution < -0.4 is 5.32 Å². The zero-order valence-electron chi connectivity index (χ0n) is 16.2. The molecule has 0 saturated heterocycles. The summed E-state index contributed by atoms with van der Waals surface area (Å²) < 4.78 is 0. The van der Waals surface area contributed by atoms with Crippen molar-refractivity contribution in [1.29, 1.82) is 0 Å². The van der Waals surface area contributed by atoms with Crippen molar-refractivity contribution in [3.8, 4) is 0 Å². The second-order valence-corrected chi connectivity index (χ2v) is 7.83. The van der Waals surface area contributed by atoms with Crippen LogP contribution in [0.1, 0.15) is 43.0 Å². The first-order valence-electron chi connectivity index (χ1n) is 9.23. The average Bonchev–Trinajstić information content (AvgIpc) is 2.77. The standard InChI is InChI=1S/C22H28N2O2.ClH/c1-22(2,3)23-14-18(25)15-26-24-21-19-10-6-4-8-16(19)12-13-17-9-5-7-11-20(17)21;/h4-11,18,23,25H,12-15H2,1-3H3;1H. The van der Waals surface area contributed by atoms with Gasteiger partial charge in [0.25, 0.3) is 0 Å². The molecule has 0 spiro atoms. The number of hydrogen-bond donors (Lipinski definition) is 2. The van der Waals surface area contributed by atoms with Crippen LogP contribution in [0.25, 0.3) is 0 Å². The molecular weight excluding hydrogens is 360 g/mol. The van der Waals surface area contributed by atoms with Crippen LogP contribution in [-0.4, -0.2) is 35.6 Å². The first-order valence-corrected chi connectivity index (χ1v) is 9.23. The molecule has 3 rings (SSSR count). The molecule has 27 heavy (non-hydrogen) atoms. The van der Waals surface area contributed by atoms with Crippen molar-refractivity contribution in [3.63, 3.8) is 0 Å². The summed E-state index contributed by atoms with van der Waals surface area (Å²) in [4.78, 5) is 5.57. The highest BCUT2D eigenvalue weighted by Crippen LogP contribution is 2.25. The molecule has 1 aliphatic carbocycles. The molecule has 1 atom stereocenters. The molecule has 4 nitrogen and oxygen atoms in total. The van der Waals surface area contributed by atoms with Gasteiger partial charge in [-0.25, -0.2) is 0 Å². The summed E-state index contributed by atoms with van der Waals surface area (Å²) in [5.41, 5.74) is 5.60. The first-order chi connectivity index (χ1) is 12.4. The van der Waals surface area contributed by atoms with Gasteiger partial charge in [-0.1, -0.05) is 53.7 Å². The summed E-state index contributed by atoms with van der Waals surface area (Å²) in [7, 11) is 0. The minimum atomic E-state index is -0.602. The molecule has 0 amide bonds. The fourth-order valence-electron chi connectivity index (χ4n) is 3.12. The lowest BCUT2D eigenvalue weighted by Crippen LogP contribution is -2.42. The number of aliphatic hydroxyl groups is 1. The van der Waals surface area contributed by atoms with Gasteiger partial charge in [0.05, 0.1) is 0 Å². The van der Waals surface area contributed by atoms with Crippen molar-refractivity contribution < 1.29 is 9.94 Å². The highest BCUT2D eigenvalue weighted by Gasteiger charge is 2.20. The number of fused-ring (bicyclic) bond motifs is 2. The number of hydrogen-bond acceptors (Lipinski definition) is 4. The lowest BCUT2D eigenvalue weighted by atomic mass is 9.98. The highest BCUT2D eigenvalue weighted by molar-refractivity contribution is 6.14. The van der Waals surface area contributed by atoms with E-state index in [1.807, 2.05) is 12.1 Å². The van der Waals surface area contributed by atoms with Crippen molar-refractivity contribution in [3.05, 3.63) is 70.8 Å². The van der Waals surface area contributed by atoms with E-state index in [4.69, 9.17) is 4.84 Å².